The van der Waals surface area contributed by atoms with E-state index in [2.05, 4.69) is 11.9 Å². The summed E-state index contributed by atoms with van der Waals surface area (Å²) >= 11 is 5.74. The molecule has 0 fully saturated rings. The van der Waals surface area contributed by atoms with Crippen LogP contribution >= 0.6 is 11.6 Å². The second kappa shape index (κ2) is 5.56. The normalized spacial score (nSPS) is 9.73. The monoisotopic (exact) mass is 223 g/mol. The lowest BCUT2D eigenvalue weighted by Gasteiger charge is -2.04. The third-order valence-electron chi connectivity index (χ3n) is 1.87. The predicted octanol–water partition coefficient (Wildman–Crippen LogP) is 2.57. The van der Waals surface area contributed by atoms with Crippen molar-refractivity contribution in [3.63, 3.8) is 0 Å². The Hall–Kier alpha value is -1.28. The number of benzene rings is 1. The Bertz CT molecular complexity index is 356. The maximum atomic E-state index is 11.4. The van der Waals surface area contributed by atoms with E-state index < -0.39 is 0 Å². The Morgan fingerprint density at radius 2 is 2.00 bits per heavy atom. The second-order valence-corrected chi connectivity index (χ2v) is 3.97. The van der Waals surface area contributed by atoms with Crippen LogP contribution in [0.25, 0.3) is 0 Å². The second-order valence-electron chi connectivity index (χ2n) is 3.54. The number of amides is 1. The van der Waals surface area contributed by atoms with Crippen LogP contribution in [-0.2, 0) is 11.2 Å². The molecule has 0 aromatic heterocycles. The number of halogens is 1. The molecule has 1 amide bonds. The first-order valence-electron chi connectivity index (χ1n) is 4.73. The molecule has 1 aromatic rings. The highest BCUT2D eigenvalue weighted by Crippen LogP contribution is 2.09. The van der Waals surface area contributed by atoms with Gasteiger partial charge >= 0.3 is 0 Å². The van der Waals surface area contributed by atoms with Crippen LogP contribution in [0.5, 0.6) is 0 Å². The molecule has 0 saturated heterocycles. The lowest BCUT2D eigenvalue weighted by atomic mass is 10.1. The van der Waals surface area contributed by atoms with Crippen molar-refractivity contribution in [3.8, 4) is 0 Å². The van der Waals surface area contributed by atoms with E-state index >= 15 is 0 Å². The minimum atomic E-state index is 0.000299. The summed E-state index contributed by atoms with van der Waals surface area (Å²) in [5, 5.41) is 3.46. The van der Waals surface area contributed by atoms with Crippen molar-refractivity contribution in [2.45, 2.75) is 13.3 Å². The van der Waals surface area contributed by atoms with Crippen molar-refractivity contribution in [1.29, 1.82) is 0 Å². The zero-order chi connectivity index (χ0) is 11.3. The molecule has 0 aliphatic carbocycles. The molecule has 1 aromatic carbocycles. The third kappa shape index (κ3) is 4.66. The van der Waals surface area contributed by atoms with Gasteiger partial charge in [-0.15, -0.1) is 0 Å². The summed E-state index contributed by atoms with van der Waals surface area (Å²) in [5.41, 5.74) is 1.90. The summed E-state index contributed by atoms with van der Waals surface area (Å²) in [4.78, 5) is 11.4. The summed E-state index contributed by atoms with van der Waals surface area (Å²) < 4.78 is 0. The Morgan fingerprint density at radius 3 is 2.53 bits per heavy atom. The van der Waals surface area contributed by atoms with Gasteiger partial charge in [-0.3, -0.25) is 4.79 Å². The van der Waals surface area contributed by atoms with Gasteiger partial charge in [-0.05, 0) is 24.6 Å². The van der Waals surface area contributed by atoms with Gasteiger partial charge in [0.1, 0.15) is 0 Å². The summed E-state index contributed by atoms with van der Waals surface area (Å²) in [5.74, 6) is 0.000299. The number of carbonyl (C=O) groups is 1. The van der Waals surface area contributed by atoms with Crippen LogP contribution in [0.4, 0.5) is 0 Å². The first kappa shape index (κ1) is 11.8. The highest BCUT2D eigenvalue weighted by molar-refractivity contribution is 6.30. The molecular formula is C12H14ClNO. The zero-order valence-electron chi connectivity index (χ0n) is 8.72. The Kier molecular flexibility index (Phi) is 4.37. The Morgan fingerprint density at radius 1 is 1.40 bits per heavy atom. The van der Waals surface area contributed by atoms with Crippen LogP contribution in [0.15, 0.2) is 36.4 Å². The zero-order valence-corrected chi connectivity index (χ0v) is 9.47. The summed E-state index contributed by atoms with van der Waals surface area (Å²) in [6, 6.07) is 7.26. The highest BCUT2D eigenvalue weighted by atomic mass is 35.5. The van der Waals surface area contributed by atoms with Crippen molar-refractivity contribution in [1.82, 2.24) is 5.32 Å². The fourth-order valence-electron chi connectivity index (χ4n) is 1.10. The van der Waals surface area contributed by atoms with E-state index in [9.17, 15) is 4.79 Å². The van der Waals surface area contributed by atoms with Gasteiger partial charge in [-0.25, -0.2) is 0 Å². The molecule has 80 valence electrons. The molecule has 0 aliphatic rings. The van der Waals surface area contributed by atoms with Crippen LogP contribution < -0.4 is 5.32 Å². The minimum absolute atomic E-state index is 0.000299. The minimum Gasteiger partial charge on any atom is -0.352 e. The molecular weight excluding hydrogens is 210 g/mol. The summed E-state index contributed by atoms with van der Waals surface area (Å²) in [6.07, 6.45) is 0.379. The van der Waals surface area contributed by atoms with Gasteiger partial charge in [0, 0.05) is 11.6 Å². The van der Waals surface area contributed by atoms with Gasteiger partial charge in [0.25, 0.3) is 0 Å². The molecule has 2 nitrogen and oxygen atoms in total. The molecule has 0 saturated carbocycles. The number of hydrogen-bond acceptors (Lipinski definition) is 1. The van der Waals surface area contributed by atoms with E-state index in [0.29, 0.717) is 18.0 Å². The smallest absolute Gasteiger partial charge is 0.224 e. The van der Waals surface area contributed by atoms with E-state index in [0.717, 1.165) is 11.1 Å². The van der Waals surface area contributed by atoms with E-state index in [-0.39, 0.29) is 5.91 Å². The Labute approximate surface area is 94.9 Å². The first-order chi connectivity index (χ1) is 7.08. The van der Waals surface area contributed by atoms with Crippen LogP contribution in [-0.4, -0.2) is 12.5 Å². The predicted molar refractivity (Wildman–Crippen MR) is 63.0 cm³/mol. The van der Waals surface area contributed by atoms with Gasteiger partial charge in [-0.1, -0.05) is 35.9 Å². The highest BCUT2D eigenvalue weighted by Gasteiger charge is 2.02. The van der Waals surface area contributed by atoms with E-state index in [4.69, 9.17) is 11.6 Å². The molecule has 1 N–H and O–H groups in total. The standard InChI is InChI=1S/C12H14ClNO/c1-9(2)8-14-12(15)7-10-3-5-11(13)6-4-10/h3-6H,1,7-8H2,2H3,(H,14,15). The molecule has 0 spiro atoms. The number of rotatable bonds is 4. The van der Waals surface area contributed by atoms with Gasteiger partial charge in [0.05, 0.1) is 6.42 Å². The van der Waals surface area contributed by atoms with Crippen molar-refractivity contribution >= 4 is 17.5 Å². The quantitative estimate of drug-likeness (QED) is 0.782. The average Bonchev–Trinajstić information content (AvgIpc) is 2.19. The molecule has 0 bridgehead atoms. The SMILES string of the molecule is C=C(C)CNC(=O)Cc1ccc(Cl)cc1. The van der Waals surface area contributed by atoms with E-state index in [1.165, 1.54) is 0 Å². The number of nitrogens with one attached hydrogen (secondary N) is 1. The maximum absolute atomic E-state index is 11.4. The Balaban J connectivity index is 2.44. The van der Waals surface area contributed by atoms with E-state index in [1.54, 1.807) is 12.1 Å². The number of carbonyl (C=O) groups excluding carboxylic acids is 1. The summed E-state index contributed by atoms with van der Waals surface area (Å²) in [6.45, 7) is 6.13. The third-order valence-corrected chi connectivity index (χ3v) is 2.12. The lowest BCUT2D eigenvalue weighted by molar-refractivity contribution is -0.120. The molecule has 0 heterocycles. The fraction of sp³-hybridized carbons (Fsp3) is 0.250. The van der Waals surface area contributed by atoms with Gasteiger partial charge in [-0.2, -0.15) is 0 Å². The lowest BCUT2D eigenvalue weighted by Crippen LogP contribution is -2.26. The van der Waals surface area contributed by atoms with Gasteiger partial charge in [0.2, 0.25) is 5.91 Å². The topological polar surface area (TPSA) is 29.1 Å². The maximum Gasteiger partial charge on any atom is 0.224 e. The van der Waals surface area contributed by atoms with Crippen molar-refractivity contribution in [2.24, 2.45) is 0 Å². The van der Waals surface area contributed by atoms with Crippen LogP contribution in [0.2, 0.25) is 5.02 Å². The molecule has 0 radical (unpaired) electrons. The van der Waals surface area contributed by atoms with Crippen LogP contribution in [0.1, 0.15) is 12.5 Å². The summed E-state index contributed by atoms with van der Waals surface area (Å²) in [7, 11) is 0. The molecule has 0 aliphatic heterocycles. The van der Waals surface area contributed by atoms with Gasteiger partial charge < -0.3 is 5.32 Å². The number of hydrogen-bond donors (Lipinski definition) is 1. The molecule has 0 atom stereocenters. The molecule has 1 rings (SSSR count). The van der Waals surface area contributed by atoms with Crippen molar-refractivity contribution in [3.05, 3.63) is 47.0 Å². The molecule has 15 heavy (non-hydrogen) atoms. The molecule has 3 heteroatoms. The first-order valence-corrected chi connectivity index (χ1v) is 5.11. The van der Waals surface area contributed by atoms with Crippen molar-refractivity contribution in [2.75, 3.05) is 6.54 Å². The van der Waals surface area contributed by atoms with Crippen molar-refractivity contribution < 1.29 is 4.79 Å². The van der Waals surface area contributed by atoms with Crippen LogP contribution in [0.3, 0.4) is 0 Å². The van der Waals surface area contributed by atoms with Crippen LogP contribution in [0, 0.1) is 0 Å². The fourth-order valence-corrected chi connectivity index (χ4v) is 1.23. The van der Waals surface area contributed by atoms with Gasteiger partial charge in [0.15, 0.2) is 0 Å². The van der Waals surface area contributed by atoms with E-state index in [1.807, 2.05) is 19.1 Å². The molecule has 0 unspecified atom stereocenters. The largest absolute Gasteiger partial charge is 0.352 e. The average molecular weight is 224 g/mol.